The molecular formula is C13H19Cl2N3O2S. The molecule has 2 aromatic rings. The zero-order chi connectivity index (χ0) is 14.0. The number of nitrogens with two attached hydrogens (primary N) is 1. The Labute approximate surface area is 140 Å². The van der Waals surface area contributed by atoms with E-state index >= 15 is 0 Å². The predicted molar refractivity (Wildman–Crippen MR) is 89.8 cm³/mol. The van der Waals surface area contributed by atoms with E-state index in [4.69, 9.17) is 10.2 Å². The van der Waals surface area contributed by atoms with Crippen molar-refractivity contribution < 1.29 is 9.21 Å². The van der Waals surface area contributed by atoms with Crippen LogP contribution in [-0.2, 0) is 0 Å². The van der Waals surface area contributed by atoms with E-state index in [0.717, 1.165) is 10.8 Å². The summed E-state index contributed by atoms with van der Waals surface area (Å²) in [5.41, 5.74) is 6.20. The van der Waals surface area contributed by atoms with Crippen LogP contribution < -0.4 is 11.1 Å². The highest BCUT2D eigenvalue weighted by Gasteiger charge is 2.18. The molecule has 2 rings (SSSR count). The number of amides is 1. The van der Waals surface area contributed by atoms with Crippen LogP contribution >= 0.6 is 36.2 Å². The molecule has 0 aliphatic rings. The predicted octanol–water partition coefficient (Wildman–Crippen LogP) is 2.94. The van der Waals surface area contributed by atoms with Crippen LogP contribution in [0.1, 0.15) is 28.0 Å². The molecule has 2 aromatic heterocycles. The normalized spacial score (nSPS) is 11.2. The monoisotopic (exact) mass is 351 g/mol. The highest BCUT2D eigenvalue weighted by Crippen LogP contribution is 2.29. The molecule has 0 spiro atoms. The summed E-state index contributed by atoms with van der Waals surface area (Å²) in [5, 5.41) is 3.55. The first kappa shape index (κ1) is 19.9. The Balaban J connectivity index is 0.00000200. The summed E-state index contributed by atoms with van der Waals surface area (Å²) in [6.45, 7) is 5.97. The molecule has 0 aromatic carbocycles. The summed E-state index contributed by atoms with van der Waals surface area (Å²) >= 11 is 1.33. The molecule has 1 amide bonds. The Morgan fingerprint density at radius 3 is 2.62 bits per heavy atom. The van der Waals surface area contributed by atoms with Crippen molar-refractivity contribution in [2.45, 2.75) is 26.8 Å². The molecule has 21 heavy (non-hydrogen) atoms. The fourth-order valence-corrected chi connectivity index (χ4v) is 2.54. The van der Waals surface area contributed by atoms with E-state index in [9.17, 15) is 4.79 Å². The van der Waals surface area contributed by atoms with Crippen molar-refractivity contribution in [2.24, 2.45) is 5.73 Å². The molecule has 0 bridgehead atoms. The number of carbonyl (C=O) groups is 1. The maximum absolute atomic E-state index is 12.1. The van der Waals surface area contributed by atoms with Crippen LogP contribution in [0.5, 0.6) is 0 Å². The molecule has 0 aliphatic carbocycles. The van der Waals surface area contributed by atoms with Gasteiger partial charge in [0.2, 0.25) is 0 Å². The Morgan fingerprint density at radius 1 is 1.43 bits per heavy atom. The first-order valence-electron chi connectivity index (χ1n) is 6.06. The van der Waals surface area contributed by atoms with Crippen LogP contribution in [0.4, 0.5) is 0 Å². The summed E-state index contributed by atoms with van der Waals surface area (Å²) in [7, 11) is 0. The van der Waals surface area contributed by atoms with E-state index in [2.05, 4.69) is 10.3 Å². The number of nitrogens with zero attached hydrogens (tertiary/aromatic N) is 1. The molecule has 0 fully saturated rings. The lowest BCUT2D eigenvalue weighted by Crippen LogP contribution is -2.37. The average molecular weight is 352 g/mol. The number of carbonyl (C=O) groups excluding carboxylic acids is 1. The van der Waals surface area contributed by atoms with Gasteiger partial charge in [0.25, 0.3) is 5.91 Å². The quantitative estimate of drug-likeness (QED) is 0.887. The zero-order valence-electron chi connectivity index (χ0n) is 12.0. The van der Waals surface area contributed by atoms with Gasteiger partial charge in [0, 0.05) is 12.6 Å². The highest BCUT2D eigenvalue weighted by atomic mass is 35.5. The minimum atomic E-state index is -0.137. The molecule has 1 atom stereocenters. The lowest BCUT2D eigenvalue weighted by molar-refractivity contribution is 0.0944. The maximum atomic E-state index is 12.1. The molecule has 3 N–H and O–H groups in total. The van der Waals surface area contributed by atoms with Gasteiger partial charge >= 0.3 is 0 Å². The van der Waals surface area contributed by atoms with Gasteiger partial charge in [-0.1, -0.05) is 0 Å². The Hall–Kier alpha value is -1.08. The lowest BCUT2D eigenvalue weighted by Gasteiger charge is -2.09. The second-order valence-electron chi connectivity index (χ2n) is 4.45. The Morgan fingerprint density at radius 2 is 2.10 bits per heavy atom. The maximum Gasteiger partial charge on any atom is 0.263 e. The number of aromatic nitrogens is 1. The number of hydrogen-bond donors (Lipinski definition) is 2. The van der Waals surface area contributed by atoms with E-state index < -0.39 is 0 Å². The summed E-state index contributed by atoms with van der Waals surface area (Å²) < 4.78 is 5.52. The second kappa shape index (κ2) is 8.38. The highest BCUT2D eigenvalue weighted by molar-refractivity contribution is 7.17. The molecule has 0 aliphatic heterocycles. The van der Waals surface area contributed by atoms with Crippen molar-refractivity contribution in [3.8, 4) is 10.8 Å². The van der Waals surface area contributed by atoms with Crippen LogP contribution in [0.3, 0.4) is 0 Å². The molecule has 5 nitrogen and oxygen atoms in total. The standard InChI is InChI=1S/C13H17N3O2S.2ClH/c1-7(6-14)15-12(17)11-9(3)16-13(19-11)10-5-4-8(2)18-10;;/h4-5,7H,6,14H2,1-3H3,(H,15,17);2*1H/t7-;;/m0../s1. The van der Waals surface area contributed by atoms with Crippen molar-refractivity contribution in [2.75, 3.05) is 6.54 Å². The van der Waals surface area contributed by atoms with Crippen molar-refractivity contribution >= 4 is 42.1 Å². The van der Waals surface area contributed by atoms with Gasteiger partial charge in [0.1, 0.15) is 10.6 Å². The van der Waals surface area contributed by atoms with Crippen molar-refractivity contribution in [1.82, 2.24) is 10.3 Å². The van der Waals surface area contributed by atoms with Gasteiger partial charge in [-0.15, -0.1) is 36.2 Å². The van der Waals surface area contributed by atoms with E-state index in [1.807, 2.05) is 32.9 Å². The molecule has 8 heteroatoms. The van der Waals surface area contributed by atoms with Gasteiger partial charge in [0.05, 0.1) is 5.69 Å². The number of thiazole rings is 1. The third kappa shape index (κ3) is 4.71. The van der Waals surface area contributed by atoms with Gasteiger partial charge in [-0.05, 0) is 32.9 Å². The van der Waals surface area contributed by atoms with Crippen LogP contribution in [-0.4, -0.2) is 23.5 Å². The van der Waals surface area contributed by atoms with Crippen LogP contribution in [0, 0.1) is 13.8 Å². The van der Waals surface area contributed by atoms with Gasteiger partial charge in [-0.25, -0.2) is 4.98 Å². The van der Waals surface area contributed by atoms with Crippen LogP contribution in [0.25, 0.3) is 10.8 Å². The van der Waals surface area contributed by atoms with Gasteiger partial charge in [-0.2, -0.15) is 0 Å². The number of halogens is 2. The third-order valence-corrected chi connectivity index (χ3v) is 3.86. The van der Waals surface area contributed by atoms with Gasteiger partial charge in [-0.3, -0.25) is 4.79 Å². The number of aryl methyl sites for hydroxylation is 2. The van der Waals surface area contributed by atoms with E-state index in [1.165, 1.54) is 11.3 Å². The van der Waals surface area contributed by atoms with Crippen molar-refractivity contribution in [3.63, 3.8) is 0 Å². The van der Waals surface area contributed by atoms with E-state index in [-0.39, 0.29) is 36.8 Å². The Bertz CT molecular complexity index is 598. The fourth-order valence-electron chi connectivity index (χ4n) is 1.61. The smallest absolute Gasteiger partial charge is 0.263 e. The number of hydrogen-bond acceptors (Lipinski definition) is 5. The summed E-state index contributed by atoms with van der Waals surface area (Å²) in [6, 6.07) is 3.68. The summed E-state index contributed by atoms with van der Waals surface area (Å²) in [5.74, 6) is 1.38. The SMILES string of the molecule is Cc1ccc(-c2nc(C)c(C(=O)N[C@@H](C)CN)s2)o1.Cl.Cl. The number of nitrogens with one attached hydrogen (secondary N) is 1. The van der Waals surface area contributed by atoms with Gasteiger partial charge < -0.3 is 15.5 Å². The van der Waals surface area contributed by atoms with Crippen LogP contribution in [0.2, 0.25) is 0 Å². The van der Waals surface area contributed by atoms with E-state index in [0.29, 0.717) is 22.9 Å². The second-order valence-corrected chi connectivity index (χ2v) is 5.45. The number of rotatable bonds is 4. The average Bonchev–Trinajstić information content (AvgIpc) is 2.95. The van der Waals surface area contributed by atoms with Gasteiger partial charge in [0.15, 0.2) is 10.8 Å². The van der Waals surface area contributed by atoms with E-state index in [1.54, 1.807) is 0 Å². The summed E-state index contributed by atoms with van der Waals surface area (Å²) in [4.78, 5) is 17.0. The molecule has 2 heterocycles. The molecular weight excluding hydrogens is 333 g/mol. The molecule has 0 saturated carbocycles. The molecule has 0 radical (unpaired) electrons. The molecule has 0 saturated heterocycles. The summed E-state index contributed by atoms with van der Waals surface area (Å²) in [6.07, 6.45) is 0. The zero-order valence-corrected chi connectivity index (χ0v) is 14.5. The number of furan rings is 1. The lowest BCUT2D eigenvalue weighted by atomic mass is 10.3. The minimum absolute atomic E-state index is 0. The van der Waals surface area contributed by atoms with Crippen molar-refractivity contribution in [3.05, 3.63) is 28.5 Å². The Kier molecular flexibility index (Phi) is 7.95. The first-order valence-corrected chi connectivity index (χ1v) is 6.88. The van der Waals surface area contributed by atoms with Crippen LogP contribution in [0.15, 0.2) is 16.5 Å². The largest absolute Gasteiger partial charge is 0.459 e. The topological polar surface area (TPSA) is 81.2 Å². The minimum Gasteiger partial charge on any atom is -0.459 e. The first-order chi connectivity index (χ1) is 9.01. The molecule has 118 valence electrons. The fraction of sp³-hybridized carbons (Fsp3) is 0.385. The van der Waals surface area contributed by atoms with Crippen molar-refractivity contribution in [1.29, 1.82) is 0 Å². The third-order valence-electron chi connectivity index (χ3n) is 2.69. The molecule has 0 unspecified atom stereocenters.